The van der Waals surface area contributed by atoms with Gasteiger partial charge >= 0.3 is 5.97 Å². The Hall–Kier alpha value is -4.37. The van der Waals surface area contributed by atoms with Gasteiger partial charge in [-0.25, -0.2) is 9.78 Å². The molecule has 0 unspecified atom stereocenters. The Morgan fingerprint density at radius 3 is 2.30 bits per heavy atom. The third-order valence-corrected chi connectivity index (χ3v) is 8.80. The van der Waals surface area contributed by atoms with Crippen LogP contribution in [0.2, 0.25) is 5.02 Å². The highest BCUT2D eigenvalue weighted by atomic mass is 35.5. The molecule has 8 nitrogen and oxygen atoms in total. The normalized spacial score (nSPS) is 13.6. The topological polar surface area (TPSA) is 92.0 Å². The van der Waals surface area contributed by atoms with Crippen LogP contribution >= 0.6 is 11.6 Å². The van der Waals surface area contributed by atoms with E-state index >= 15 is 0 Å². The lowest BCUT2D eigenvalue weighted by Gasteiger charge is -2.25. The number of imidazole rings is 1. The number of carbonyl (C=O) groups is 1. The summed E-state index contributed by atoms with van der Waals surface area (Å²) in [5.41, 5.74) is 5.90. The van der Waals surface area contributed by atoms with Crippen LogP contribution in [-0.2, 0) is 16.1 Å². The first kappa shape index (κ1) is 32.6. The lowest BCUT2D eigenvalue weighted by atomic mass is 9.95. The summed E-state index contributed by atoms with van der Waals surface area (Å²) in [6.45, 7) is 2.30. The molecule has 5 aromatic rings. The van der Waals surface area contributed by atoms with Gasteiger partial charge in [0, 0.05) is 29.3 Å². The molecule has 9 heteroatoms. The number of nitrogens with zero attached hydrogens (tertiary/aromatic N) is 2. The van der Waals surface area contributed by atoms with E-state index in [1.54, 1.807) is 19.2 Å². The summed E-state index contributed by atoms with van der Waals surface area (Å²) in [6.07, 6.45) is 5.76. The van der Waals surface area contributed by atoms with Gasteiger partial charge in [-0.05, 0) is 90.7 Å². The minimum Gasteiger partial charge on any atom is -0.491 e. The van der Waals surface area contributed by atoms with Crippen molar-refractivity contribution in [3.63, 3.8) is 0 Å². The molecule has 1 heterocycles. The zero-order valence-electron chi connectivity index (χ0n) is 26.5. The lowest BCUT2D eigenvalue weighted by Crippen LogP contribution is -2.14. The Balaban J connectivity index is 1.22. The number of rotatable bonds is 14. The van der Waals surface area contributed by atoms with Crippen molar-refractivity contribution in [2.75, 3.05) is 33.5 Å². The van der Waals surface area contributed by atoms with Gasteiger partial charge in [-0.2, -0.15) is 0 Å². The number of aromatic carboxylic acids is 1. The first-order chi connectivity index (χ1) is 23.0. The van der Waals surface area contributed by atoms with Gasteiger partial charge in [-0.15, -0.1) is 0 Å². The van der Waals surface area contributed by atoms with Gasteiger partial charge in [0.05, 0.1) is 36.4 Å². The molecule has 0 saturated heterocycles. The highest BCUT2D eigenvalue weighted by Gasteiger charge is 2.23. The number of hydrogen-bond acceptors (Lipinski definition) is 6. The Labute approximate surface area is 279 Å². The smallest absolute Gasteiger partial charge is 0.335 e. The van der Waals surface area contributed by atoms with E-state index in [1.165, 1.54) is 19.3 Å². The van der Waals surface area contributed by atoms with E-state index in [2.05, 4.69) is 4.57 Å². The lowest BCUT2D eigenvalue weighted by molar-refractivity contribution is 0.0544. The quantitative estimate of drug-likeness (QED) is 0.120. The second kappa shape index (κ2) is 15.5. The third-order valence-electron chi connectivity index (χ3n) is 8.54. The van der Waals surface area contributed by atoms with Gasteiger partial charge < -0.3 is 28.6 Å². The molecule has 0 spiro atoms. The van der Waals surface area contributed by atoms with Crippen molar-refractivity contribution in [1.82, 2.24) is 9.55 Å². The second-order valence-electron chi connectivity index (χ2n) is 11.7. The maximum Gasteiger partial charge on any atom is 0.335 e. The number of aromatic nitrogens is 2. The molecule has 1 N–H and O–H groups in total. The summed E-state index contributed by atoms with van der Waals surface area (Å²) in [7, 11) is 1.65. The Bertz CT molecular complexity index is 1800. The molecule has 244 valence electrons. The van der Waals surface area contributed by atoms with Gasteiger partial charge in [0.2, 0.25) is 0 Å². The van der Waals surface area contributed by atoms with Crippen molar-refractivity contribution in [2.45, 2.75) is 44.8 Å². The van der Waals surface area contributed by atoms with E-state index in [1.807, 2.05) is 72.8 Å². The van der Waals surface area contributed by atoms with Gasteiger partial charge in [-0.3, -0.25) is 0 Å². The molecular formula is C38H39ClN2O6. The minimum atomic E-state index is -0.953. The van der Waals surface area contributed by atoms with Crippen LogP contribution in [0.15, 0.2) is 84.9 Å². The maximum absolute atomic E-state index is 11.7. The predicted octanol–water partition coefficient (Wildman–Crippen LogP) is 8.85. The van der Waals surface area contributed by atoms with Crippen LogP contribution in [0.3, 0.4) is 0 Å². The van der Waals surface area contributed by atoms with Crippen LogP contribution in [-0.4, -0.2) is 54.2 Å². The summed E-state index contributed by atoms with van der Waals surface area (Å²) in [5, 5.41) is 10.2. The number of halogens is 1. The number of benzene rings is 4. The molecule has 0 aliphatic heterocycles. The van der Waals surface area contributed by atoms with Crippen LogP contribution in [0.4, 0.5) is 0 Å². The van der Waals surface area contributed by atoms with Crippen molar-refractivity contribution in [2.24, 2.45) is 0 Å². The molecule has 6 rings (SSSR count). The van der Waals surface area contributed by atoms with Crippen molar-refractivity contribution in [3.05, 3.63) is 101 Å². The summed E-state index contributed by atoms with van der Waals surface area (Å²) in [4.78, 5) is 16.6. The summed E-state index contributed by atoms with van der Waals surface area (Å²) in [5.74, 6) is 1.36. The fourth-order valence-corrected chi connectivity index (χ4v) is 6.28. The molecule has 0 bridgehead atoms. The highest BCUT2D eigenvalue weighted by molar-refractivity contribution is 6.30. The van der Waals surface area contributed by atoms with E-state index < -0.39 is 5.97 Å². The molecule has 0 amide bonds. The average molecular weight is 655 g/mol. The monoisotopic (exact) mass is 654 g/mol. The largest absolute Gasteiger partial charge is 0.491 e. The SMILES string of the molecule is COCCOCCOc1ccc(-c2ccc(Cl)cc2)c(COc2ccc(-c3nc4cc(C(=O)O)ccc4n3C3CCCCC3)cc2)c1. The van der Waals surface area contributed by atoms with E-state index in [-0.39, 0.29) is 5.56 Å². The molecule has 1 aliphatic rings. The zero-order valence-corrected chi connectivity index (χ0v) is 27.2. The van der Waals surface area contributed by atoms with E-state index in [0.29, 0.717) is 49.6 Å². The van der Waals surface area contributed by atoms with E-state index in [0.717, 1.165) is 57.9 Å². The number of carboxylic acids is 1. The standard InChI is InChI=1S/C38H39ClN2O6/c1-44-19-20-45-21-22-46-33-16-17-34(26-7-12-30(39)13-8-26)29(23-33)25-47-32-14-9-27(10-15-32)37-40-35-24-28(38(42)43)11-18-36(35)41(37)31-5-3-2-4-6-31/h7-18,23-24,31H,2-6,19-22,25H2,1H3,(H,42,43). The van der Waals surface area contributed by atoms with Crippen molar-refractivity contribution in [3.8, 4) is 34.0 Å². The third kappa shape index (κ3) is 7.96. The molecule has 47 heavy (non-hydrogen) atoms. The predicted molar refractivity (Wildman–Crippen MR) is 184 cm³/mol. The Kier molecular flexibility index (Phi) is 10.7. The number of hydrogen-bond donors (Lipinski definition) is 1. The highest BCUT2D eigenvalue weighted by Crippen LogP contribution is 2.37. The molecule has 1 aliphatic carbocycles. The molecule has 1 fully saturated rings. The van der Waals surface area contributed by atoms with Gasteiger partial charge in [0.25, 0.3) is 0 Å². The molecule has 0 radical (unpaired) electrons. The summed E-state index contributed by atoms with van der Waals surface area (Å²) in [6, 6.07) is 27.3. The van der Waals surface area contributed by atoms with Crippen molar-refractivity contribution >= 4 is 28.6 Å². The zero-order chi connectivity index (χ0) is 32.6. The minimum absolute atomic E-state index is 0.240. The van der Waals surface area contributed by atoms with Gasteiger partial charge in [0.15, 0.2) is 0 Å². The molecule has 1 saturated carbocycles. The average Bonchev–Trinajstić information content (AvgIpc) is 3.49. The second-order valence-corrected chi connectivity index (χ2v) is 12.1. The van der Waals surface area contributed by atoms with E-state index in [4.69, 9.17) is 35.5 Å². The number of carboxylic acid groups (broad SMARTS) is 1. The first-order valence-corrected chi connectivity index (χ1v) is 16.4. The maximum atomic E-state index is 11.7. The first-order valence-electron chi connectivity index (χ1n) is 16.1. The van der Waals surface area contributed by atoms with Crippen LogP contribution in [0.25, 0.3) is 33.5 Å². The van der Waals surface area contributed by atoms with Crippen LogP contribution in [0.5, 0.6) is 11.5 Å². The van der Waals surface area contributed by atoms with Crippen LogP contribution < -0.4 is 9.47 Å². The molecule has 0 atom stereocenters. The number of fused-ring (bicyclic) bond motifs is 1. The van der Waals surface area contributed by atoms with Crippen LogP contribution in [0.1, 0.15) is 54.1 Å². The molecule has 4 aromatic carbocycles. The van der Waals surface area contributed by atoms with E-state index in [9.17, 15) is 9.90 Å². The molecule has 1 aromatic heterocycles. The number of methoxy groups -OCH3 is 1. The van der Waals surface area contributed by atoms with Gasteiger partial charge in [0.1, 0.15) is 30.5 Å². The summed E-state index contributed by atoms with van der Waals surface area (Å²) < 4.78 is 25.2. The van der Waals surface area contributed by atoms with Crippen molar-refractivity contribution in [1.29, 1.82) is 0 Å². The Morgan fingerprint density at radius 1 is 0.830 bits per heavy atom. The fourth-order valence-electron chi connectivity index (χ4n) is 6.16. The van der Waals surface area contributed by atoms with Gasteiger partial charge in [-0.1, -0.05) is 49.1 Å². The number of ether oxygens (including phenoxy) is 4. The Morgan fingerprint density at radius 2 is 1.55 bits per heavy atom. The fraction of sp³-hybridized carbons (Fsp3) is 0.316. The van der Waals surface area contributed by atoms with Crippen LogP contribution in [0, 0.1) is 0 Å². The summed E-state index contributed by atoms with van der Waals surface area (Å²) >= 11 is 6.17. The van der Waals surface area contributed by atoms with Crippen molar-refractivity contribution < 1.29 is 28.8 Å². The molecular weight excluding hydrogens is 616 g/mol.